The minimum Gasteiger partial charge on any atom is -0.494 e. The number of hydrogen-bond donors (Lipinski definition) is 2. The van der Waals surface area contributed by atoms with Crippen molar-refractivity contribution in [2.24, 2.45) is 0 Å². The number of anilines is 4. The average Bonchev–Trinajstić information content (AvgIpc) is 2.67. The van der Waals surface area contributed by atoms with Crippen molar-refractivity contribution in [1.82, 2.24) is 14.9 Å². The lowest BCUT2D eigenvalue weighted by Gasteiger charge is -2.25. The Morgan fingerprint density at radius 2 is 1.89 bits per heavy atom. The first-order valence-electron chi connectivity index (χ1n) is 8.50. The summed E-state index contributed by atoms with van der Waals surface area (Å²) in [6, 6.07) is 5.42. The predicted molar refractivity (Wildman–Crippen MR) is 109 cm³/mol. The van der Waals surface area contributed by atoms with Crippen molar-refractivity contribution in [1.29, 1.82) is 0 Å². The summed E-state index contributed by atoms with van der Waals surface area (Å²) in [5.41, 5.74) is 2.12. The molecule has 8 nitrogen and oxygen atoms in total. The molecule has 1 aromatic heterocycles. The van der Waals surface area contributed by atoms with E-state index in [1.165, 1.54) is 6.08 Å². The molecule has 0 aliphatic carbocycles. The highest BCUT2D eigenvalue weighted by Crippen LogP contribution is 2.37. The van der Waals surface area contributed by atoms with E-state index >= 15 is 0 Å². The maximum absolute atomic E-state index is 11.9. The Kier molecular flexibility index (Phi) is 7.13. The lowest BCUT2D eigenvalue weighted by atomic mass is 10.2. The van der Waals surface area contributed by atoms with Gasteiger partial charge in [0.2, 0.25) is 11.9 Å². The van der Waals surface area contributed by atoms with Crippen molar-refractivity contribution >= 4 is 28.9 Å². The molecule has 144 valence electrons. The van der Waals surface area contributed by atoms with Crippen LogP contribution in [0.4, 0.5) is 23.0 Å². The number of ether oxygens (including phenoxy) is 1. The Bertz CT molecular complexity index is 779. The molecule has 0 radical (unpaired) electrons. The summed E-state index contributed by atoms with van der Waals surface area (Å²) < 4.78 is 5.53. The molecule has 2 N–H and O–H groups in total. The van der Waals surface area contributed by atoms with Crippen LogP contribution in [-0.4, -0.2) is 62.1 Å². The Morgan fingerprint density at radius 1 is 1.19 bits per heavy atom. The summed E-state index contributed by atoms with van der Waals surface area (Å²) >= 11 is 0. The number of nitrogens with one attached hydrogen (secondary N) is 2. The smallest absolute Gasteiger partial charge is 0.247 e. The van der Waals surface area contributed by atoms with Gasteiger partial charge < -0.3 is 25.2 Å². The number of carbonyl (C=O) groups is 1. The second-order valence-corrected chi connectivity index (χ2v) is 6.19. The van der Waals surface area contributed by atoms with Gasteiger partial charge in [0.25, 0.3) is 0 Å². The molecule has 2 rings (SSSR count). The van der Waals surface area contributed by atoms with Crippen LogP contribution in [0, 0.1) is 0 Å². The van der Waals surface area contributed by atoms with E-state index in [4.69, 9.17) is 4.74 Å². The highest BCUT2D eigenvalue weighted by atomic mass is 16.5. The van der Waals surface area contributed by atoms with E-state index in [1.807, 2.05) is 27.2 Å². The van der Waals surface area contributed by atoms with E-state index < -0.39 is 0 Å². The largest absolute Gasteiger partial charge is 0.494 e. The number of carbonyl (C=O) groups excluding carboxylic acids is 1. The number of hydrogen-bond acceptors (Lipinski definition) is 7. The lowest BCUT2D eigenvalue weighted by molar-refractivity contribution is -0.111. The quantitative estimate of drug-likeness (QED) is 0.656. The van der Waals surface area contributed by atoms with Crippen molar-refractivity contribution in [3.63, 3.8) is 0 Å². The Balaban J connectivity index is 2.42. The highest BCUT2D eigenvalue weighted by molar-refractivity contribution is 6.02. The third kappa shape index (κ3) is 5.68. The van der Waals surface area contributed by atoms with E-state index in [0.717, 1.165) is 18.8 Å². The van der Waals surface area contributed by atoms with Gasteiger partial charge in [-0.2, -0.15) is 0 Å². The molecule has 0 saturated carbocycles. The molecule has 0 atom stereocenters. The predicted octanol–water partition coefficient (Wildman–Crippen LogP) is 2.35. The SMILES string of the molecule is C=CC(=O)Nc1cc(Nc2ncccn2)c(OC)cc1N(C)CCN(C)C. The van der Waals surface area contributed by atoms with E-state index in [2.05, 4.69) is 37.0 Å². The molecule has 0 fully saturated rings. The molecule has 8 heteroatoms. The molecule has 27 heavy (non-hydrogen) atoms. The van der Waals surface area contributed by atoms with Crippen LogP contribution >= 0.6 is 0 Å². The number of benzene rings is 1. The first-order chi connectivity index (χ1) is 12.9. The van der Waals surface area contributed by atoms with Gasteiger partial charge in [-0.05, 0) is 32.3 Å². The maximum atomic E-state index is 11.9. The van der Waals surface area contributed by atoms with Crippen LogP contribution in [0.15, 0.2) is 43.2 Å². The van der Waals surface area contributed by atoms with Gasteiger partial charge in [0, 0.05) is 38.6 Å². The fraction of sp³-hybridized carbons (Fsp3) is 0.316. The van der Waals surface area contributed by atoms with Crippen LogP contribution in [0.3, 0.4) is 0 Å². The highest BCUT2D eigenvalue weighted by Gasteiger charge is 2.16. The van der Waals surface area contributed by atoms with Gasteiger partial charge in [-0.15, -0.1) is 0 Å². The van der Waals surface area contributed by atoms with Crippen molar-refractivity contribution in [3.05, 3.63) is 43.2 Å². The minimum atomic E-state index is -0.288. The second kappa shape index (κ2) is 9.54. The number of methoxy groups -OCH3 is 1. The van der Waals surface area contributed by atoms with E-state index in [1.54, 1.807) is 31.6 Å². The normalized spacial score (nSPS) is 10.4. The molecule has 0 aliphatic heterocycles. The van der Waals surface area contributed by atoms with Gasteiger partial charge in [0.1, 0.15) is 5.75 Å². The number of amides is 1. The van der Waals surface area contributed by atoms with Crippen molar-refractivity contribution in [2.75, 3.05) is 56.9 Å². The van der Waals surface area contributed by atoms with E-state index in [-0.39, 0.29) is 5.91 Å². The zero-order valence-electron chi connectivity index (χ0n) is 16.2. The van der Waals surface area contributed by atoms with Gasteiger partial charge in [-0.25, -0.2) is 9.97 Å². The Hall–Kier alpha value is -3.13. The fourth-order valence-electron chi connectivity index (χ4n) is 2.39. The first-order valence-corrected chi connectivity index (χ1v) is 8.50. The van der Waals surface area contributed by atoms with E-state index in [0.29, 0.717) is 23.1 Å². The second-order valence-electron chi connectivity index (χ2n) is 6.19. The molecule has 2 aromatic rings. The lowest BCUT2D eigenvalue weighted by Crippen LogP contribution is -2.29. The van der Waals surface area contributed by atoms with Gasteiger partial charge in [0.15, 0.2) is 0 Å². The summed E-state index contributed by atoms with van der Waals surface area (Å²) in [5, 5.41) is 5.98. The molecular formula is C19H26N6O2. The number of nitrogens with zero attached hydrogens (tertiary/aromatic N) is 4. The standard InChI is InChI=1S/C19H26N6O2/c1-6-18(26)22-14-12-15(23-19-20-8-7-9-21-19)17(27-5)13-16(14)25(4)11-10-24(2)3/h6-9,12-13H,1,10-11H2,2-5H3,(H,22,26)(H,20,21,23). The van der Waals surface area contributed by atoms with Crippen LogP contribution in [0.5, 0.6) is 5.75 Å². The summed E-state index contributed by atoms with van der Waals surface area (Å²) in [6.07, 6.45) is 4.53. The van der Waals surface area contributed by atoms with Crippen LogP contribution in [0.25, 0.3) is 0 Å². The number of aromatic nitrogens is 2. The topological polar surface area (TPSA) is 82.6 Å². The number of likely N-dealkylation sites (N-methyl/N-ethyl adjacent to an activating group) is 2. The zero-order chi connectivity index (χ0) is 19.8. The van der Waals surface area contributed by atoms with Gasteiger partial charge >= 0.3 is 0 Å². The molecule has 1 amide bonds. The van der Waals surface area contributed by atoms with Gasteiger partial charge in [-0.1, -0.05) is 6.58 Å². The van der Waals surface area contributed by atoms with Crippen molar-refractivity contribution < 1.29 is 9.53 Å². The van der Waals surface area contributed by atoms with Crippen LogP contribution < -0.4 is 20.3 Å². The third-order valence-corrected chi connectivity index (χ3v) is 3.87. The van der Waals surface area contributed by atoms with Crippen LogP contribution in [0.2, 0.25) is 0 Å². The van der Waals surface area contributed by atoms with Crippen LogP contribution in [-0.2, 0) is 4.79 Å². The molecule has 1 aromatic carbocycles. The fourth-order valence-corrected chi connectivity index (χ4v) is 2.39. The van der Waals surface area contributed by atoms with Crippen molar-refractivity contribution in [2.45, 2.75) is 0 Å². The zero-order valence-corrected chi connectivity index (χ0v) is 16.2. The summed E-state index contributed by atoms with van der Waals surface area (Å²) in [4.78, 5) is 24.4. The van der Waals surface area contributed by atoms with Gasteiger partial charge in [-0.3, -0.25) is 4.79 Å². The Labute approximate surface area is 159 Å². The summed E-state index contributed by atoms with van der Waals surface area (Å²) in [6.45, 7) is 5.17. The first kappa shape index (κ1) is 20.2. The molecular weight excluding hydrogens is 344 g/mol. The monoisotopic (exact) mass is 370 g/mol. The maximum Gasteiger partial charge on any atom is 0.247 e. The molecule has 0 bridgehead atoms. The third-order valence-electron chi connectivity index (χ3n) is 3.87. The van der Waals surface area contributed by atoms with Crippen LogP contribution in [0.1, 0.15) is 0 Å². The van der Waals surface area contributed by atoms with Gasteiger partial charge in [0.05, 0.1) is 24.2 Å². The van der Waals surface area contributed by atoms with E-state index in [9.17, 15) is 4.79 Å². The summed E-state index contributed by atoms with van der Waals surface area (Å²) in [7, 11) is 7.59. The van der Waals surface area contributed by atoms with Crippen molar-refractivity contribution in [3.8, 4) is 5.75 Å². The molecule has 1 heterocycles. The molecule has 0 aliphatic rings. The molecule has 0 unspecified atom stereocenters. The minimum absolute atomic E-state index is 0.288. The summed E-state index contributed by atoms with van der Waals surface area (Å²) in [5.74, 6) is 0.764. The number of rotatable bonds is 9. The molecule has 0 saturated heterocycles. The Morgan fingerprint density at radius 3 is 2.48 bits per heavy atom. The average molecular weight is 370 g/mol. The molecule has 0 spiro atoms.